The van der Waals surface area contributed by atoms with E-state index >= 15 is 0 Å². The summed E-state index contributed by atoms with van der Waals surface area (Å²) in [7, 11) is -7.71. The van der Waals surface area contributed by atoms with Gasteiger partial charge >= 0.3 is 0 Å². The quantitative estimate of drug-likeness (QED) is 0.656. The lowest BCUT2D eigenvalue weighted by atomic mass is 10.3. The number of benzene rings is 3. The maximum Gasteiger partial charge on any atom is 0.261 e. The van der Waals surface area contributed by atoms with Gasteiger partial charge < -0.3 is 0 Å². The molecule has 9 heteroatoms. The van der Waals surface area contributed by atoms with Crippen molar-refractivity contribution in [1.82, 2.24) is 0 Å². The van der Waals surface area contributed by atoms with Gasteiger partial charge in [0.15, 0.2) is 0 Å². The standard InChI is InChI=1S/C18H15FN2O4S2/c19-14-6-10-17(11-7-14)26(22,23)21-16-8-12-18(13-9-16)27(24,25)20-15-4-2-1-3-5-15/h1-13,20-21H. The fraction of sp³-hybridized carbons (Fsp3) is 0. The Bertz CT molecular complexity index is 1130. The third kappa shape index (κ3) is 4.63. The van der Waals surface area contributed by atoms with E-state index in [-0.39, 0.29) is 15.5 Å². The third-order valence-corrected chi connectivity index (χ3v) is 6.36. The first-order valence-electron chi connectivity index (χ1n) is 7.73. The Morgan fingerprint density at radius 3 is 1.44 bits per heavy atom. The predicted molar refractivity (Wildman–Crippen MR) is 101 cm³/mol. The van der Waals surface area contributed by atoms with Crippen LogP contribution in [-0.2, 0) is 20.0 Å². The van der Waals surface area contributed by atoms with Crippen molar-refractivity contribution >= 4 is 31.4 Å². The highest BCUT2D eigenvalue weighted by Gasteiger charge is 2.17. The Morgan fingerprint density at radius 1 is 0.556 bits per heavy atom. The Balaban J connectivity index is 1.78. The maximum atomic E-state index is 12.9. The Hall–Kier alpha value is -2.91. The third-order valence-electron chi connectivity index (χ3n) is 3.57. The topological polar surface area (TPSA) is 92.3 Å². The zero-order valence-corrected chi connectivity index (χ0v) is 15.5. The smallest absolute Gasteiger partial charge is 0.261 e. The SMILES string of the molecule is O=S(=O)(Nc1ccc(S(=O)(=O)Nc2ccccc2)cc1)c1ccc(F)cc1. The number of nitrogens with one attached hydrogen (secondary N) is 2. The molecule has 3 rings (SSSR count). The molecule has 0 heterocycles. The van der Waals surface area contributed by atoms with Gasteiger partial charge in [-0.25, -0.2) is 21.2 Å². The number of sulfonamides is 2. The van der Waals surface area contributed by atoms with Crippen LogP contribution >= 0.6 is 0 Å². The van der Waals surface area contributed by atoms with Gasteiger partial charge in [0.2, 0.25) is 0 Å². The van der Waals surface area contributed by atoms with E-state index < -0.39 is 25.9 Å². The average molecular weight is 406 g/mol. The molecular weight excluding hydrogens is 391 g/mol. The first-order chi connectivity index (χ1) is 12.8. The van der Waals surface area contributed by atoms with Crippen LogP contribution in [0.2, 0.25) is 0 Å². The molecule has 6 nitrogen and oxygen atoms in total. The summed E-state index contributed by atoms with van der Waals surface area (Å²) >= 11 is 0. The lowest BCUT2D eigenvalue weighted by molar-refractivity contribution is 0.599. The minimum absolute atomic E-state index is 0.0175. The van der Waals surface area contributed by atoms with Crippen molar-refractivity contribution in [2.75, 3.05) is 9.44 Å². The minimum atomic E-state index is -3.91. The van der Waals surface area contributed by atoms with Gasteiger partial charge in [0.05, 0.1) is 9.79 Å². The summed E-state index contributed by atoms with van der Waals surface area (Å²) in [6, 6.07) is 18.0. The average Bonchev–Trinajstić information content (AvgIpc) is 2.63. The Labute approximate surface area is 156 Å². The van der Waals surface area contributed by atoms with Gasteiger partial charge in [-0.05, 0) is 60.7 Å². The summed E-state index contributed by atoms with van der Waals surface area (Å²) < 4.78 is 67.0. The fourth-order valence-corrected chi connectivity index (χ4v) is 4.37. The molecule has 27 heavy (non-hydrogen) atoms. The Kier molecular flexibility index (Phi) is 5.15. The highest BCUT2D eigenvalue weighted by Crippen LogP contribution is 2.20. The molecule has 0 bridgehead atoms. The van der Waals surface area contributed by atoms with Crippen molar-refractivity contribution in [1.29, 1.82) is 0 Å². The molecule has 0 unspecified atom stereocenters. The van der Waals surface area contributed by atoms with Crippen molar-refractivity contribution in [3.63, 3.8) is 0 Å². The minimum Gasteiger partial charge on any atom is -0.280 e. The molecule has 0 saturated carbocycles. The number of hydrogen-bond donors (Lipinski definition) is 2. The van der Waals surface area contributed by atoms with Gasteiger partial charge in [0, 0.05) is 11.4 Å². The van der Waals surface area contributed by atoms with Crippen LogP contribution in [0.3, 0.4) is 0 Å². The molecule has 0 atom stereocenters. The van der Waals surface area contributed by atoms with E-state index in [1.165, 1.54) is 24.3 Å². The van der Waals surface area contributed by atoms with Crippen LogP contribution in [0.1, 0.15) is 0 Å². The molecule has 3 aromatic carbocycles. The molecule has 140 valence electrons. The van der Waals surface area contributed by atoms with Gasteiger partial charge in [-0.3, -0.25) is 9.44 Å². The molecule has 0 radical (unpaired) electrons. The second-order valence-electron chi connectivity index (χ2n) is 5.56. The van der Waals surface area contributed by atoms with E-state index in [2.05, 4.69) is 9.44 Å². The second-order valence-corrected chi connectivity index (χ2v) is 8.92. The van der Waals surface area contributed by atoms with Gasteiger partial charge in [-0.2, -0.15) is 0 Å². The molecule has 2 N–H and O–H groups in total. The summed E-state index contributed by atoms with van der Waals surface area (Å²) in [5, 5.41) is 0. The fourth-order valence-electron chi connectivity index (χ4n) is 2.25. The molecule has 0 aromatic heterocycles. The van der Waals surface area contributed by atoms with E-state index in [0.717, 1.165) is 24.3 Å². The molecule has 0 saturated heterocycles. The lowest BCUT2D eigenvalue weighted by Gasteiger charge is -2.10. The van der Waals surface area contributed by atoms with Crippen LogP contribution in [0.4, 0.5) is 15.8 Å². The van der Waals surface area contributed by atoms with Gasteiger partial charge in [-0.1, -0.05) is 18.2 Å². The first kappa shape index (κ1) is 18.9. The summed E-state index contributed by atoms with van der Waals surface area (Å²) in [4.78, 5) is -0.123. The summed E-state index contributed by atoms with van der Waals surface area (Å²) in [6.45, 7) is 0. The summed E-state index contributed by atoms with van der Waals surface area (Å²) in [6.07, 6.45) is 0. The second kappa shape index (κ2) is 7.37. The highest BCUT2D eigenvalue weighted by atomic mass is 32.2. The van der Waals surface area contributed by atoms with Crippen molar-refractivity contribution in [3.8, 4) is 0 Å². The summed E-state index contributed by atoms with van der Waals surface area (Å²) in [5.74, 6) is -0.547. The highest BCUT2D eigenvalue weighted by molar-refractivity contribution is 7.93. The molecule has 0 spiro atoms. The molecule has 3 aromatic rings. The summed E-state index contributed by atoms with van der Waals surface area (Å²) in [5.41, 5.74) is 0.594. The largest absolute Gasteiger partial charge is 0.280 e. The lowest BCUT2D eigenvalue weighted by Crippen LogP contribution is -2.14. The van der Waals surface area contributed by atoms with E-state index in [1.807, 2.05) is 0 Å². The van der Waals surface area contributed by atoms with Crippen molar-refractivity contribution in [3.05, 3.63) is 84.7 Å². The van der Waals surface area contributed by atoms with Gasteiger partial charge in [0.25, 0.3) is 20.0 Å². The molecule has 0 aliphatic rings. The number of rotatable bonds is 6. The van der Waals surface area contributed by atoms with Gasteiger partial charge in [0.1, 0.15) is 5.82 Å². The van der Waals surface area contributed by atoms with Crippen LogP contribution in [0.5, 0.6) is 0 Å². The molecule has 0 amide bonds. The molecule has 0 fully saturated rings. The van der Waals surface area contributed by atoms with E-state index in [0.29, 0.717) is 5.69 Å². The maximum absolute atomic E-state index is 12.9. The number of hydrogen-bond acceptors (Lipinski definition) is 4. The van der Waals surface area contributed by atoms with Crippen LogP contribution in [0.15, 0.2) is 88.7 Å². The zero-order chi connectivity index (χ0) is 19.5. The molecule has 0 aliphatic carbocycles. The van der Waals surface area contributed by atoms with Crippen LogP contribution < -0.4 is 9.44 Å². The first-order valence-corrected chi connectivity index (χ1v) is 10.7. The zero-order valence-electron chi connectivity index (χ0n) is 13.8. The van der Waals surface area contributed by atoms with Crippen LogP contribution in [0.25, 0.3) is 0 Å². The van der Waals surface area contributed by atoms with E-state index in [9.17, 15) is 21.2 Å². The van der Waals surface area contributed by atoms with Crippen LogP contribution in [-0.4, -0.2) is 16.8 Å². The molecular formula is C18H15FN2O4S2. The van der Waals surface area contributed by atoms with Crippen molar-refractivity contribution in [2.45, 2.75) is 9.79 Å². The molecule has 0 aliphatic heterocycles. The van der Waals surface area contributed by atoms with Crippen molar-refractivity contribution < 1.29 is 21.2 Å². The van der Waals surface area contributed by atoms with E-state index in [1.54, 1.807) is 30.3 Å². The number of para-hydroxylation sites is 1. The predicted octanol–water partition coefficient (Wildman–Crippen LogP) is 3.43. The Morgan fingerprint density at radius 2 is 0.963 bits per heavy atom. The monoisotopic (exact) mass is 406 g/mol. The van der Waals surface area contributed by atoms with Crippen molar-refractivity contribution in [2.24, 2.45) is 0 Å². The van der Waals surface area contributed by atoms with E-state index in [4.69, 9.17) is 0 Å². The van der Waals surface area contributed by atoms with Crippen LogP contribution in [0, 0.1) is 5.82 Å². The normalized spacial score (nSPS) is 11.7. The number of halogens is 1. The van der Waals surface area contributed by atoms with Gasteiger partial charge in [-0.15, -0.1) is 0 Å². The number of anilines is 2.